The number of hydrogen-bond acceptors (Lipinski definition) is 3. The van der Waals surface area contributed by atoms with Crippen molar-refractivity contribution >= 4 is 5.69 Å². The number of nitro groups is 1. The highest BCUT2D eigenvalue weighted by molar-refractivity contribution is 5.32. The van der Waals surface area contributed by atoms with E-state index in [1.165, 1.54) is 24.9 Å². The topological polar surface area (TPSA) is 46.4 Å². The van der Waals surface area contributed by atoms with Crippen molar-refractivity contribution in [3.63, 3.8) is 0 Å². The van der Waals surface area contributed by atoms with E-state index in [-0.39, 0.29) is 10.6 Å². The summed E-state index contributed by atoms with van der Waals surface area (Å²) in [5.74, 6) is 0. The number of likely N-dealkylation sites (tertiary alicyclic amines) is 1. The first-order valence-corrected chi connectivity index (χ1v) is 6.14. The molecule has 0 radical (unpaired) electrons. The molecule has 0 N–H and O–H groups in total. The third-order valence-corrected chi connectivity index (χ3v) is 3.53. The number of rotatable bonds is 4. The van der Waals surface area contributed by atoms with Gasteiger partial charge in [-0.05, 0) is 38.3 Å². The number of nitrogens with zero attached hydrogens (tertiary/aromatic N) is 2. The van der Waals surface area contributed by atoms with Crippen LogP contribution in [0.2, 0.25) is 0 Å². The Balaban J connectivity index is 1.88. The van der Waals surface area contributed by atoms with Gasteiger partial charge in [-0.3, -0.25) is 10.1 Å². The van der Waals surface area contributed by atoms with Crippen LogP contribution in [-0.4, -0.2) is 29.0 Å². The average molecular weight is 234 g/mol. The molecule has 1 aliphatic heterocycles. The molecule has 1 aromatic carbocycles. The van der Waals surface area contributed by atoms with Gasteiger partial charge in [-0.25, -0.2) is 0 Å². The molecular formula is C13H18N2O2. The molecule has 0 bridgehead atoms. The predicted octanol–water partition coefficient (Wildman–Crippen LogP) is 2.62. The van der Waals surface area contributed by atoms with Crippen LogP contribution in [-0.2, 0) is 6.42 Å². The van der Waals surface area contributed by atoms with Gasteiger partial charge in [0.05, 0.1) is 4.92 Å². The molecule has 1 saturated heterocycles. The molecule has 4 nitrogen and oxygen atoms in total. The van der Waals surface area contributed by atoms with E-state index in [4.69, 9.17) is 0 Å². The summed E-state index contributed by atoms with van der Waals surface area (Å²) in [5, 5.41) is 10.5. The molecule has 17 heavy (non-hydrogen) atoms. The fourth-order valence-corrected chi connectivity index (χ4v) is 2.38. The van der Waals surface area contributed by atoms with Gasteiger partial charge in [-0.1, -0.05) is 12.1 Å². The summed E-state index contributed by atoms with van der Waals surface area (Å²) in [6.07, 6.45) is 3.56. The molecular weight excluding hydrogens is 216 g/mol. The molecule has 0 unspecified atom stereocenters. The minimum Gasteiger partial charge on any atom is -0.300 e. The average Bonchev–Trinajstić information content (AvgIpc) is 2.73. The monoisotopic (exact) mass is 234 g/mol. The molecule has 1 atom stereocenters. The minimum absolute atomic E-state index is 0.170. The first-order valence-electron chi connectivity index (χ1n) is 6.14. The van der Waals surface area contributed by atoms with Gasteiger partial charge in [-0.2, -0.15) is 0 Å². The van der Waals surface area contributed by atoms with Crippen LogP contribution in [0.3, 0.4) is 0 Å². The zero-order valence-electron chi connectivity index (χ0n) is 10.1. The molecule has 0 aliphatic carbocycles. The zero-order chi connectivity index (χ0) is 12.3. The van der Waals surface area contributed by atoms with Gasteiger partial charge in [-0.15, -0.1) is 0 Å². The molecule has 1 aliphatic rings. The summed E-state index contributed by atoms with van der Waals surface area (Å²) in [7, 11) is 0. The Morgan fingerprint density at radius 3 is 2.65 bits per heavy atom. The highest BCUT2D eigenvalue weighted by atomic mass is 16.6. The van der Waals surface area contributed by atoms with Crippen molar-refractivity contribution in [3.8, 4) is 0 Å². The molecule has 0 spiro atoms. The van der Waals surface area contributed by atoms with Crippen LogP contribution in [0.5, 0.6) is 0 Å². The van der Waals surface area contributed by atoms with Crippen molar-refractivity contribution in [2.75, 3.05) is 13.1 Å². The molecule has 4 heteroatoms. The van der Waals surface area contributed by atoms with E-state index in [9.17, 15) is 10.1 Å². The summed E-state index contributed by atoms with van der Waals surface area (Å²) in [4.78, 5) is 12.7. The first-order chi connectivity index (χ1) is 8.16. The van der Waals surface area contributed by atoms with Crippen LogP contribution in [0.15, 0.2) is 24.3 Å². The van der Waals surface area contributed by atoms with Crippen LogP contribution in [0.4, 0.5) is 5.69 Å². The Hall–Kier alpha value is -1.42. The first kappa shape index (κ1) is 12.0. The zero-order valence-corrected chi connectivity index (χ0v) is 10.1. The van der Waals surface area contributed by atoms with Gasteiger partial charge >= 0.3 is 0 Å². The van der Waals surface area contributed by atoms with Crippen molar-refractivity contribution in [2.45, 2.75) is 32.2 Å². The number of benzene rings is 1. The van der Waals surface area contributed by atoms with Crippen molar-refractivity contribution < 1.29 is 4.92 Å². The summed E-state index contributed by atoms with van der Waals surface area (Å²) < 4.78 is 0. The molecule has 1 heterocycles. The lowest BCUT2D eigenvalue weighted by molar-refractivity contribution is -0.384. The van der Waals surface area contributed by atoms with E-state index >= 15 is 0 Å². The van der Waals surface area contributed by atoms with Crippen molar-refractivity contribution in [2.24, 2.45) is 0 Å². The smallest absolute Gasteiger partial charge is 0.269 e. The van der Waals surface area contributed by atoms with Gasteiger partial charge < -0.3 is 4.90 Å². The molecule has 92 valence electrons. The normalized spacial score (nSPS) is 20.6. The minimum atomic E-state index is -0.355. The molecule has 2 rings (SSSR count). The number of non-ortho nitro benzene ring substituents is 1. The van der Waals surface area contributed by atoms with E-state index in [0.717, 1.165) is 13.0 Å². The number of nitro benzene ring substituents is 1. The van der Waals surface area contributed by atoms with E-state index < -0.39 is 0 Å². The van der Waals surface area contributed by atoms with E-state index in [1.54, 1.807) is 12.1 Å². The molecule has 0 aromatic heterocycles. The van der Waals surface area contributed by atoms with Gasteiger partial charge in [0.1, 0.15) is 0 Å². The third kappa shape index (κ3) is 3.03. The predicted molar refractivity (Wildman–Crippen MR) is 67.1 cm³/mol. The summed E-state index contributed by atoms with van der Waals surface area (Å²) in [6.45, 7) is 4.51. The summed E-state index contributed by atoms with van der Waals surface area (Å²) in [5.41, 5.74) is 1.35. The molecule has 1 aromatic rings. The van der Waals surface area contributed by atoms with Gasteiger partial charge in [0.15, 0.2) is 0 Å². The van der Waals surface area contributed by atoms with Crippen LogP contribution >= 0.6 is 0 Å². The molecule has 0 amide bonds. The van der Waals surface area contributed by atoms with Gasteiger partial charge in [0.25, 0.3) is 5.69 Å². The lowest BCUT2D eigenvalue weighted by Gasteiger charge is -2.20. The second kappa shape index (κ2) is 5.27. The third-order valence-electron chi connectivity index (χ3n) is 3.53. The Labute approximate surface area is 101 Å². The van der Waals surface area contributed by atoms with Crippen LogP contribution in [0.25, 0.3) is 0 Å². The Kier molecular flexibility index (Phi) is 3.74. The largest absolute Gasteiger partial charge is 0.300 e. The fourth-order valence-electron chi connectivity index (χ4n) is 2.38. The maximum atomic E-state index is 10.5. The Bertz CT molecular complexity index is 389. The van der Waals surface area contributed by atoms with Crippen molar-refractivity contribution in [1.82, 2.24) is 4.90 Å². The maximum Gasteiger partial charge on any atom is 0.269 e. The Morgan fingerprint density at radius 2 is 2.12 bits per heavy atom. The van der Waals surface area contributed by atoms with E-state index in [0.29, 0.717) is 6.04 Å². The quantitative estimate of drug-likeness (QED) is 0.594. The fraction of sp³-hybridized carbons (Fsp3) is 0.538. The van der Waals surface area contributed by atoms with Crippen LogP contribution in [0.1, 0.15) is 25.3 Å². The maximum absolute atomic E-state index is 10.5. The summed E-state index contributed by atoms with van der Waals surface area (Å²) >= 11 is 0. The highest BCUT2D eigenvalue weighted by Crippen LogP contribution is 2.17. The van der Waals surface area contributed by atoms with Gasteiger partial charge in [0, 0.05) is 24.7 Å². The SMILES string of the molecule is C[C@H]1CCCN1CCc1ccc([N+](=O)[O-])cc1. The summed E-state index contributed by atoms with van der Waals surface area (Å²) in [6, 6.07) is 7.58. The van der Waals surface area contributed by atoms with E-state index in [2.05, 4.69) is 11.8 Å². The molecule has 0 saturated carbocycles. The van der Waals surface area contributed by atoms with E-state index in [1.807, 2.05) is 12.1 Å². The second-order valence-electron chi connectivity index (χ2n) is 4.70. The standard InChI is InChI=1S/C13H18N2O2/c1-11-3-2-9-14(11)10-8-12-4-6-13(7-5-12)15(16)17/h4-7,11H,2-3,8-10H2,1H3/t11-/m0/s1. The lowest BCUT2D eigenvalue weighted by atomic mass is 10.1. The lowest BCUT2D eigenvalue weighted by Crippen LogP contribution is -2.28. The van der Waals surface area contributed by atoms with Crippen LogP contribution < -0.4 is 0 Å². The number of hydrogen-bond donors (Lipinski definition) is 0. The van der Waals surface area contributed by atoms with Gasteiger partial charge in [0.2, 0.25) is 0 Å². The van der Waals surface area contributed by atoms with Crippen molar-refractivity contribution in [3.05, 3.63) is 39.9 Å². The second-order valence-corrected chi connectivity index (χ2v) is 4.70. The highest BCUT2D eigenvalue weighted by Gasteiger charge is 2.19. The van der Waals surface area contributed by atoms with Crippen molar-refractivity contribution in [1.29, 1.82) is 0 Å². The molecule has 1 fully saturated rings. The Morgan fingerprint density at radius 1 is 1.41 bits per heavy atom. The van der Waals surface area contributed by atoms with Crippen LogP contribution in [0, 0.1) is 10.1 Å².